The van der Waals surface area contributed by atoms with Crippen molar-refractivity contribution in [3.8, 4) is 0 Å². The number of carbonyl (C=O) groups excluding carboxylic acids is 1. The number of likely N-dealkylation sites (tertiary alicyclic amines) is 1. The molecule has 1 aromatic heterocycles. The molecule has 0 spiro atoms. The lowest BCUT2D eigenvalue weighted by atomic mass is 10.0. The highest BCUT2D eigenvalue weighted by atomic mass is 16.3. The van der Waals surface area contributed by atoms with Gasteiger partial charge in [0, 0.05) is 45.3 Å². The molecule has 7 nitrogen and oxygen atoms in total. The molecule has 1 N–H and O–H groups in total. The average Bonchev–Trinajstić information content (AvgIpc) is 3.28. The maximum atomic E-state index is 12.4. The molecular formula is C22H37N5O2. The van der Waals surface area contributed by atoms with E-state index in [-0.39, 0.29) is 5.91 Å². The Morgan fingerprint density at radius 3 is 2.66 bits per heavy atom. The molecule has 0 bridgehead atoms. The van der Waals surface area contributed by atoms with Crippen LogP contribution in [0.15, 0.2) is 27.8 Å². The first-order chi connectivity index (χ1) is 14.2. The standard InChI is InChI=1S/C22H37N5O2/c1-3-23-22(24-11-5-7-13-25-12-6-4-9-19(25)2)27-16-14-26(15-17-27)21(28)20-10-8-18-29-20/h8,10,18-19H,3-7,9,11-17H2,1-2H3,(H,23,24). The number of hydrogen-bond donors (Lipinski definition) is 1. The van der Waals surface area contributed by atoms with Gasteiger partial charge >= 0.3 is 0 Å². The number of nitrogens with one attached hydrogen (secondary N) is 1. The number of hydrogen-bond acceptors (Lipinski definition) is 4. The van der Waals surface area contributed by atoms with Crippen LogP contribution in [0.5, 0.6) is 0 Å². The smallest absolute Gasteiger partial charge is 0.289 e. The van der Waals surface area contributed by atoms with E-state index in [9.17, 15) is 4.79 Å². The average molecular weight is 404 g/mol. The van der Waals surface area contributed by atoms with Gasteiger partial charge in [0.25, 0.3) is 5.91 Å². The Morgan fingerprint density at radius 2 is 1.97 bits per heavy atom. The SMILES string of the molecule is CCNC(=NCCCCN1CCCCC1C)N1CCN(C(=O)c2ccco2)CC1. The van der Waals surface area contributed by atoms with Gasteiger partial charge in [0.1, 0.15) is 0 Å². The molecule has 162 valence electrons. The van der Waals surface area contributed by atoms with Gasteiger partial charge < -0.3 is 24.4 Å². The van der Waals surface area contributed by atoms with E-state index in [0.29, 0.717) is 18.8 Å². The lowest BCUT2D eigenvalue weighted by Crippen LogP contribution is -2.53. The first-order valence-corrected chi connectivity index (χ1v) is 11.3. The third-order valence-corrected chi connectivity index (χ3v) is 5.99. The van der Waals surface area contributed by atoms with Crippen molar-refractivity contribution in [3.05, 3.63) is 24.2 Å². The summed E-state index contributed by atoms with van der Waals surface area (Å²) < 4.78 is 5.24. The lowest BCUT2D eigenvalue weighted by Gasteiger charge is -2.36. The number of aliphatic imine (C=N–C) groups is 1. The molecule has 1 atom stereocenters. The monoisotopic (exact) mass is 403 g/mol. The minimum Gasteiger partial charge on any atom is -0.459 e. The van der Waals surface area contributed by atoms with E-state index in [2.05, 4.69) is 29.0 Å². The Morgan fingerprint density at radius 1 is 1.17 bits per heavy atom. The molecule has 2 fully saturated rings. The maximum Gasteiger partial charge on any atom is 0.289 e. The van der Waals surface area contributed by atoms with Crippen molar-refractivity contribution < 1.29 is 9.21 Å². The van der Waals surface area contributed by atoms with Crippen LogP contribution in [0, 0.1) is 0 Å². The fraction of sp³-hybridized carbons (Fsp3) is 0.727. The maximum absolute atomic E-state index is 12.4. The van der Waals surface area contributed by atoms with E-state index in [4.69, 9.17) is 9.41 Å². The molecule has 7 heteroatoms. The van der Waals surface area contributed by atoms with Crippen molar-refractivity contribution in [1.82, 2.24) is 20.0 Å². The molecule has 3 rings (SSSR count). The number of carbonyl (C=O) groups is 1. The summed E-state index contributed by atoms with van der Waals surface area (Å²) in [5, 5.41) is 3.41. The van der Waals surface area contributed by atoms with E-state index in [1.807, 2.05) is 4.90 Å². The zero-order valence-corrected chi connectivity index (χ0v) is 18.1. The summed E-state index contributed by atoms with van der Waals surface area (Å²) in [6, 6.07) is 4.22. The number of furan rings is 1. The Balaban J connectivity index is 1.41. The van der Waals surface area contributed by atoms with Crippen molar-refractivity contribution >= 4 is 11.9 Å². The highest BCUT2D eigenvalue weighted by Crippen LogP contribution is 2.16. The van der Waals surface area contributed by atoms with Crippen LogP contribution < -0.4 is 5.32 Å². The molecule has 3 heterocycles. The van der Waals surface area contributed by atoms with Gasteiger partial charge in [-0.2, -0.15) is 0 Å². The van der Waals surface area contributed by atoms with Crippen LogP contribution in [-0.2, 0) is 0 Å². The van der Waals surface area contributed by atoms with Crippen LogP contribution in [0.4, 0.5) is 0 Å². The largest absolute Gasteiger partial charge is 0.459 e. The van der Waals surface area contributed by atoms with Crippen molar-refractivity contribution in [3.63, 3.8) is 0 Å². The minimum absolute atomic E-state index is 0.0245. The molecule has 29 heavy (non-hydrogen) atoms. The molecule has 2 saturated heterocycles. The summed E-state index contributed by atoms with van der Waals surface area (Å²) >= 11 is 0. The predicted octanol–water partition coefficient (Wildman–Crippen LogP) is 2.66. The molecule has 1 unspecified atom stereocenters. The van der Waals surface area contributed by atoms with Gasteiger partial charge in [-0.3, -0.25) is 9.79 Å². The first-order valence-electron chi connectivity index (χ1n) is 11.3. The van der Waals surface area contributed by atoms with Crippen molar-refractivity contribution in [1.29, 1.82) is 0 Å². The van der Waals surface area contributed by atoms with Crippen molar-refractivity contribution in [2.24, 2.45) is 4.99 Å². The van der Waals surface area contributed by atoms with Gasteiger partial charge in [0.2, 0.25) is 0 Å². The Bertz CT molecular complexity index is 638. The zero-order valence-electron chi connectivity index (χ0n) is 18.1. The topological polar surface area (TPSA) is 64.3 Å². The van der Waals surface area contributed by atoms with Crippen LogP contribution in [0.25, 0.3) is 0 Å². The second-order valence-corrected chi connectivity index (χ2v) is 8.08. The molecule has 2 aliphatic rings. The van der Waals surface area contributed by atoms with Crippen molar-refractivity contribution in [2.45, 2.75) is 52.0 Å². The van der Waals surface area contributed by atoms with Gasteiger partial charge in [-0.05, 0) is 64.8 Å². The molecule has 0 aromatic carbocycles. The summed E-state index contributed by atoms with van der Waals surface area (Å²) in [5.41, 5.74) is 0. The number of rotatable bonds is 7. The third-order valence-electron chi connectivity index (χ3n) is 5.99. The van der Waals surface area contributed by atoms with Crippen molar-refractivity contribution in [2.75, 3.05) is 52.4 Å². The number of guanidine groups is 1. The van der Waals surface area contributed by atoms with Gasteiger partial charge in [-0.15, -0.1) is 0 Å². The van der Waals surface area contributed by atoms with E-state index in [1.54, 1.807) is 18.4 Å². The quantitative estimate of drug-likeness (QED) is 0.431. The predicted molar refractivity (Wildman–Crippen MR) is 116 cm³/mol. The highest BCUT2D eigenvalue weighted by molar-refractivity contribution is 5.91. The number of nitrogens with zero attached hydrogens (tertiary/aromatic N) is 4. The Hall–Kier alpha value is -2.02. The van der Waals surface area contributed by atoms with Crippen LogP contribution in [0.1, 0.15) is 56.5 Å². The van der Waals surface area contributed by atoms with E-state index in [1.165, 1.54) is 38.8 Å². The van der Waals surface area contributed by atoms with Crippen LogP contribution in [0.2, 0.25) is 0 Å². The number of amides is 1. The van der Waals surface area contributed by atoms with Gasteiger partial charge in [0.15, 0.2) is 11.7 Å². The second-order valence-electron chi connectivity index (χ2n) is 8.08. The summed E-state index contributed by atoms with van der Waals surface area (Å²) in [5.74, 6) is 1.37. The molecular weight excluding hydrogens is 366 g/mol. The minimum atomic E-state index is -0.0245. The van der Waals surface area contributed by atoms with E-state index >= 15 is 0 Å². The van der Waals surface area contributed by atoms with Crippen LogP contribution in [-0.4, -0.2) is 85.0 Å². The summed E-state index contributed by atoms with van der Waals surface area (Å²) in [4.78, 5) is 24.0. The second kappa shape index (κ2) is 11.2. The Kier molecular flexibility index (Phi) is 8.40. The number of piperidine rings is 1. The fourth-order valence-electron chi connectivity index (χ4n) is 4.20. The summed E-state index contributed by atoms with van der Waals surface area (Å²) in [6.07, 6.45) is 7.95. The fourth-order valence-corrected chi connectivity index (χ4v) is 4.20. The van der Waals surface area contributed by atoms with Gasteiger partial charge in [-0.1, -0.05) is 6.42 Å². The first kappa shape index (κ1) is 21.7. The molecule has 0 aliphatic carbocycles. The molecule has 1 aromatic rings. The normalized spacial score (nSPS) is 21.4. The highest BCUT2D eigenvalue weighted by Gasteiger charge is 2.25. The number of unbranched alkanes of at least 4 members (excludes halogenated alkanes) is 1. The molecule has 2 aliphatic heterocycles. The number of piperazine rings is 1. The summed E-state index contributed by atoms with van der Waals surface area (Å²) in [7, 11) is 0. The molecule has 1 amide bonds. The van der Waals surface area contributed by atoms with Crippen LogP contribution in [0.3, 0.4) is 0 Å². The lowest BCUT2D eigenvalue weighted by molar-refractivity contribution is 0.0657. The zero-order chi connectivity index (χ0) is 20.5. The molecule has 0 saturated carbocycles. The van der Waals surface area contributed by atoms with Gasteiger partial charge in [0.05, 0.1) is 6.26 Å². The third kappa shape index (κ3) is 6.23. The van der Waals surface area contributed by atoms with Crippen LogP contribution >= 0.6 is 0 Å². The Labute approximate surface area is 175 Å². The van der Waals surface area contributed by atoms with E-state index in [0.717, 1.165) is 44.6 Å². The van der Waals surface area contributed by atoms with E-state index < -0.39 is 0 Å². The van der Waals surface area contributed by atoms with Gasteiger partial charge in [-0.25, -0.2) is 0 Å². The summed E-state index contributed by atoms with van der Waals surface area (Å²) in [6.45, 7) is 11.6. The molecule has 0 radical (unpaired) electrons.